The number of rotatable bonds is 7. The maximum absolute atomic E-state index is 12.6. The van der Waals surface area contributed by atoms with E-state index in [9.17, 15) is 4.79 Å². The van der Waals surface area contributed by atoms with E-state index in [1.54, 1.807) is 6.20 Å². The van der Waals surface area contributed by atoms with E-state index in [1.165, 1.54) is 0 Å². The summed E-state index contributed by atoms with van der Waals surface area (Å²) in [5, 5.41) is 7.18. The lowest BCUT2D eigenvalue weighted by molar-refractivity contribution is -0.125. The van der Waals surface area contributed by atoms with Crippen LogP contribution >= 0.6 is 0 Å². The zero-order chi connectivity index (χ0) is 19.2. The van der Waals surface area contributed by atoms with Crippen molar-refractivity contribution in [3.63, 3.8) is 0 Å². The molecule has 2 aromatic rings. The van der Waals surface area contributed by atoms with Gasteiger partial charge in [-0.3, -0.25) is 4.79 Å². The average Bonchev–Trinajstić information content (AvgIpc) is 3.17. The molecule has 0 aromatic carbocycles. The van der Waals surface area contributed by atoms with E-state index < -0.39 is 0 Å². The molecule has 1 atom stereocenters. The van der Waals surface area contributed by atoms with Gasteiger partial charge in [0.2, 0.25) is 17.6 Å². The SMILES string of the molecule is CCc1nc(-c2cccnc2N2CCCC(C(=O)NCCC(C)C)C2)no1. The minimum atomic E-state index is -0.0164. The summed E-state index contributed by atoms with van der Waals surface area (Å²) >= 11 is 0. The van der Waals surface area contributed by atoms with Crippen LogP contribution < -0.4 is 10.2 Å². The Morgan fingerprint density at radius 1 is 1.44 bits per heavy atom. The molecule has 0 bridgehead atoms. The van der Waals surface area contributed by atoms with Crippen molar-refractivity contribution in [1.29, 1.82) is 0 Å². The third-order valence-electron chi connectivity index (χ3n) is 4.91. The molecule has 0 radical (unpaired) electrons. The third kappa shape index (κ3) is 4.84. The average molecular weight is 371 g/mol. The molecule has 7 nitrogen and oxygen atoms in total. The molecule has 0 spiro atoms. The number of nitrogens with one attached hydrogen (secondary N) is 1. The Balaban J connectivity index is 1.72. The normalized spacial score (nSPS) is 17.3. The van der Waals surface area contributed by atoms with Gasteiger partial charge in [0.25, 0.3) is 0 Å². The summed E-state index contributed by atoms with van der Waals surface area (Å²) in [6.07, 6.45) is 5.35. The van der Waals surface area contributed by atoms with Gasteiger partial charge in [0.05, 0.1) is 11.5 Å². The van der Waals surface area contributed by atoms with E-state index >= 15 is 0 Å². The van der Waals surface area contributed by atoms with Gasteiger partial charge in [0.1, 0.15) is 5.82 Å². The second kappa shape index (κ2) is 8.97. The maximum Gasteiger partial charge on any atom is 0.226 e. The number of aromatic nitrogens is 3. The highest BCUT2D eigenvalue weighted by atomic mass is 16.5. The summed E-state index contributed by atoms with van der Waals surface area (Å²) in [6, 6.07) is 3.83. The van der Waals surface area contributed by atoms with Gasteiger partial charge in [-0.25, -0.2) is 4.98 Å². The summed E-state index contributed by atoms with van der Waals surface area (Å²) < 4.78 is 5.26. The molecular formula is C20H29N5O2. The molecule has 1 aliphatic rings. The van der Waals surface area contributed by atoms with Crippen LogP contribution in [0.4, 0.5) is 5.82 Å². The molecule has 2 aromatic heterocycles. The van der Waals surface area contributed by atoms with Crippen molar-refractivity contribution in [2.24, 2.45) is 11.8 Å². The Labute approximate surface area is 160 Å². The molecule has 1 aliphatic heterocycles. The first kappa shape index (κ1) is 19.3. The molecule has 1 saturated heterocycles. The molecule has 0 aliphatic carbocycles. The number of carbonyl (C=O) groups excluding carboxylic acids is 1. The summed E-state index contributed by atoms with van der Waals surface area (Å²) in [6.45, 7) is 8.59. The first-order valence-electron chi connectivity index (χ1n) is 9.89. The van der Waals surface area contributed by atoms with E-state index in [2.05, 4.69) is 39.2 Å². The number of hydrogen-bond acceptors (Lipinski definition) is 6. The van der Waals surface area contributed by atoms with Crippen molar-refractivity contribution in [2.75, 3.05) is 24.5 Å². The Kier molecular flexibility index (Phi) is 6.42. The lowest BCUT2D eigenvalue weighted by Crippen LogP contribution is -2.43. The molecule has 146 valence electrons. The zero-order valence-electron chi connectivity index (χ0n) is 16.4. The molecule has 7 heteroatoms. The predicted octanol–water partition coefficient (Wildman–Crippen LogP) is 3.07. The Morgan fingerprint density at radius 3 is 3.04 bits per heavy atom. The van der Waals surface area contributed by atoms with Crippen molar-refractivity contribution in [1.82, 2.24) is 20.4 Å². The Morgan fingerprint density at radius 2 is 2.30 bits per heavy atom. The van der Waals surface area contributed by atoms with Crippen molar-refractivity contribution in [2.45, 2.75) is 46.5 Å². The number of anilines is 1. The first-order valence-corrected chi connectivity index (χ1v) is 9.89. The lowest BCUT2D eigenvalue weighted by atomic mass is 9.96. The fourth-order valence-corrected chi connectivity index (χ4v) is 3.34. The number of carbonyl (C=O) groups is 1. The van der Waals surface area contributed by atoms with Crippen LogP contribution in [0.1, 0.15) is 45.9 Å². The van der Waals surface area contributed by atoms with Crippen molar-refractivity contribution in [3.8, 4) is 11.4 Å². The zero-order valence-corrected chi connectivity index (χ0v) is 16.4. The number of hydrogen-bond donors (Lipinski definition) is 1. The number of pyridine rings is 1. The number of nitrogens with zero attached hydrogens (tertiary/aromatic N) is 4. The van der Waals surface area contributed by atoms with Crippen LogP contribution in [0.25, 0.3) is 11.4 Å². The smallest absolute Gasteiger partial charge is 0.226 e. The van der Waals surface area contributed by atoms with Crippen molar-refractivity contribution < 1.29 is 9.32 Å². The van der Waals surface area contributed by atoms with Gasteiger partial charge in [-0.2, -0.15) is 4.98 Å². The fourth-order valence-electron chi connectivity index (χ4n) is 3.34. The monoisotopic (exact) mass is 371 g/mol. The van der Waals surface area contributed by atoms with E-state index in [0.717, 1.165) is 43.7 Å². The van der Waals surface area contributed by atoms with Crippen LogP contribution in [0.15, 0.2) is 22.9 Å². The van der Waals surface area contributed by atoms with Gasteiger partial charge in [-0.05, 0) is 37.3 Å². The molecule has 1 amide bonds. The Bertz CT molecular complexity index is 758. The summed E-state index contributed by atoms with van der Waals surface area (Å²) in [5.74, 6) is 2.70. The molecule has 3 heterocycles. The molecule has 1 fully saturated rings. The van der Waals surface area contributed by atoms with Crippen molar-refractivity contribution in [3.05, 3.63) is 24.2 Å². The van der Waals surface area contributed by atoms with Crippen LogP contribution in [0.5, 0.6) is 0 Å². The van der Waals surface area contributed by atoms with E-state index in [4.69, 9.17) is 4.52 Å². The second-order valence-corrected chi connectivity index (χ2v) is 7.50. The van der Waals surface area contributed by atoms with Gasteiger partial charge in [0, 0.05) is 32.3 Å². The standard InChI is InChI=1S/C20H29N5O2/c1-4-17-23-18(24-27-17)16-8-5-10-21-19(16)25-12-6-7-15(13-25)20(26)22-11-9-14(2)3/h5,8,10,14-15H,4,6-7,9,11-13H2,1-3H3,(H,22,26). The molecule has 3 rings (SSSR count). The molecule has 1 N–H and O–H groups in total. The van der Waals surface area contributed by atoms with Crippen molar-refractivity contribution >= 4 is 11.7 Å². The molecule has 0 saturated carbocycles. The maximum atomic E-state index is 12.6. The van der Waals surface area contributed by atoms with Gasteiger partial charge in [-0.15, -0.1) is 0 Å². The highest BCUT2D eigenvalue weighted by Gasteiger charge is 2.28. The topological polar surface area (TPSA) is 84.2 Å². The summed E-state index contributed by atoms with van der Waals surface area (Å²) in [5.41, 5.74) is 0.849. The predicted molar refractivity (Wildman–Crippen MR) is 104 cm³/mol. The number of piperidine rings is 1. The fraction of sp³-hybridized carbons (Fsp3) is 0.600. The van der Waals surface area contributed by atoms with E-state index in [-0.39, 0.29) is 11.8 Å². The van der Waals surface area contributed by atoms with Crippen LogP contribution in [0, 0.1) is 11.8 Å². The van der Waals surface area contributed by atoms with Gasteiger partial charge < -0.3 is 14.7 Å². The van der Waals surface area contributed by atoms with Crippen LogP contribution in [-0.2, 0) is 11.2 Å². The van der Waals surface area contributed by atoms with Gasteiger partial charge in [0.15, 0.2) is 0 Å². The first-order chi connectivity index (χ1) is 13.1. The molecular weight excluding hydrogens is 342 g/mol. The highest BCUT2D eigenvalue weighted by molar-refractivity contribution is 5.80. The highest BCUT2D eigenvalue weighted by Crippen LogP contribution is 2.30. The molecule has 1 unspecified atom stereocenters. The molecule has 27 heavy (non-hydrogen) atoms. The van der Waals surface area contributed by atoms with Crippen LogP contribution in [-0.4, -0.2) is 40.7 Å². The number of amides is 1. The van der Waals surface area contributed by atoms with Crippen LogP contribution in [0.3, 0.4) is 0 Å². The lowest BCUT2D eigenvalue weighted by Gasteiger charge is -2.33. The van der Waals surface area contributed by atoms with E-state index in [1.807, 2.05) is 19.1 Å². The summed E-state index contributed by atoms with van der Waals surface area (Å²) in [4.78, 5) is 23.7. The third-order valence-corrected chi connectivity index (χ3v) is 4.91. The van der Waals surface area contributed by atoms with Crippen LogP contribution in [0.2, 0.25) is 0 Å². The number of aryl methyl sites for hydroxylation is 1. The minimum Gasteiger partial charge on any atom is -0.356 e. The summed E-state index contributed by atoms with van der Waals surface area (Å²) in [7, 11) is 0. The second-order valence-electron chi connectivity index (χ2n) is 7.50. The largest absolute Gasteiger partial charge is 0.356 e. The van der Waals surface area contributed by atoms with E-state index in [0.29, 0.717) is 30.6 Å². The van der Waals surface area contributed by atoms with Gasteiger partial charge >= 0.3 is 0 Å². The quantitative estimate of drug-likeness (QED) is 0.805. The minimum absolute atomic E-state index is 0.0164. The van der Waals surface area contributed by atoms with Gasteiger partial charge in [-0.1, -0.05) is 25.9 Å². The Hall–Kier alpha value is -2.44.